The van der Waals surface area contributed by atoms with E-state index in [2.05, 4.69) is 35.3 Å². The van der Waals surface area contributed by atoms with Gasteiger partial charge in [0.25, 0.3) is 0 Å². The molecule has 1 amide bonds. The Balaban J connectivity index is 1.47. The first-order valence-corrected chi connectivity index (χ1v) is 12.9. The minimum absolute atomic E-state index is 0.00126. The Morgan fingerprint density at radius 2 is 1.91 bits per heavy atom. The number of rotatable bonds is 6. The molecule has 1 aliphatic heterocycles. The molecule has 1 unspecified atom stereocenters. The van der Waals surface area contributed by atoms with E-state index in [-0.39, 0.29) is 23.3 Å². The fraction of sp³-hybridized carbons (Fsp3) is 0.250. The number of hydrogen-bond acceptors (Lipinski definition) is 6. The number of nitrogens with one attached hydrogen (secondary N) is 1. The van der Waals surface area contributed by atoms with Crippen LogP contribution in [-0.4, -0.2) is 25.8 Å². The summed E-state index contributed by atoms with van der Waals surface area (Å²) in [5.41, 5.74) is 3.47. The van der Waals surface area contributed by atoms with Crippen LogP contribution in [-0.2, 0) is 34.2 Å². The first-order chi connectivity index (χ1) is 15.8. The third kappa shape index (κ3) is 5.15. The van der Waals surface area contributed by atoms with Crippen LogP contribution in [0.1, 0.15) is 40.1 Å². The predicted molar refractivity (Wildman–Crippen MR) is 128 cm³/mol. The quantitative estimate of drug-likeness (QED) is 0.559. The number of nitriles is 1. The number of fused-ring (bicyclic) bond motifs is 1. The Labute approximate surface area is 197 Å². The van der Waals surface area contributed by atoms with Crippen LogP contribution >= 0.6 is 11.3 Å². The molecule has 0 radical (unpaired) electrons. The number of carbonyl (C=O) groups excluding carboxylic acids is 1. The number of nitrogens with zero attached hydrogens (tertiary/aromatic N) is 2. The number of sulfonamides is 1. The minimum Gasteiger partial charge on any atom is -0.316 e. The minimum atomic E-state index is -3.78. The topological polar surface area (TPSA) is 116 Å². The summed E-state index contributed by atoms with van der Waals surface area (Å²) in [6, 6.07) is 18.7. The van der Waals surface area contributed by atoms with Gasteiger partial charge in [-0.2, -0.15) is 5.26 Å². The maximum Gasteiger partial charge on any atom is 0.238 e. The molecule has 1 aliphatic rings. The molecule has 4 rings (SSSR count). The van der Waals surface area contributed by atoms with Gasteiger partial charge in [0.1, 0.15) is 11.1 Å². The monoisotopic (exact) mass is 480 g/mol. The van der Waals surface area contributed by atoms with Crippen LogP contribution in [0.15, 0.2) is 59.5 Å². The molecule has 0 saturated heterocycles. The fourth-order valence-corrected chi connectivity index (χ4v) is 5.81. The first kappa shape index (κ1) is 23.1. The van der Waals surface area contributed by atoms with Gasteiger partial charge in [0, 0.05) is 24.0 Å². The van der Waals surface area contributed by atoms with Crippen molar-refractivity contribution in [1.29, 1.82) is 5.26 Å². The zero-order chi connectivity index (χ0) is 23.6. The van der Waals surface area contributed by atoms with E-state index >= 15 is 0 Å². The molecule has 1 aromatic heterocycles. The molecular weight excluding hydrogens is 456 g/mol. The van der Waals surface area contributed by atoms with Gasteiger partial charge in [0.15, 0.2) is 0 Å². The lowest BCUT2D eigenvalue weighted by molar-refractivity contribution is -0.115. The van der Waals surface area contributed by atoms with Crippen molar-refractivity contribution in [2.45, 2.75) is 37.2 Å². The second-order valence-electron chi connectivity index (χ2n) is 8.04. The summed E-state index contributed by atoms with van der Waals surface area (Å²) in [5.74, 6) is -0.261. The Morgan fingerprint density at radius 3 is 2.55 bits per heavy atom. The molecule has 9 heteroatoms. The van der Waals surface area contributed by atoms with Crippen LogP contribution in [0.5, 0.6) is 0 Å². The third-order valence-electron chi connectivity index (χ3n) is 5.90. The van der Waals surface area contributed by atoms with E-state index in [4.69, 9.17) is 5.14 Å². The SMILES string of the molecule is CC(c1ccccc1)N1CCc2c(sc(NC(=O)Cc3ccc(S(N)(=O)=O)cc3)c2C#N)C1. The highest BCUT2D eigenvalue weighted by atomic mass is 32.2. The van der Waals surface area contributed by atoms with Gasteiger partial charge >= 0.3 is 0 Å². The number of amides is 1. The van der Waals surface area contributed by atoms with E-state index in [1.165, 1.54) is 29.0 Å². The van der Waals surface area contributed by atoms with Crippen LogP contribution in [0.4, 0.5) is 5.00 Å². The largest absolute Gasteiger partial charge is 0.316 e. The highest BCUT2D eigenvalue weighted by Crippen LogP contribution is 2.38. The van der Waals surface area contributed by atoms with Gasteiger partial charge in [0.2, 0.25) is 15.9 Å². The fourth-order valence-electron chi connectivity index (χ4n) is 4.06. The average Bonchev–Trinajstić information content (AvgIpc) is 3.14. The van der Waals surface area contributed by atoms with Crippen LogP contribution < -0.4 is 10.5 Å². The number of thiophene rings is 1. The van der Waals surface area contributed by atoms with E-state index in [9.17, 15) is 18.5 Å². The molecule has 0 fully saturated rings. The van der Waals surface area contributed by atoms with Crippen molar-refractivity contribution in [1.82, 2.24) is 4.90 Å². The van der Waals surface area contributed by atoms with Gasteiger partial charge in [-0.25, -0.2) is 13.6 Å². The molecule has 2 heterocycles. The predicted octanol–water partition coefficient (Wildman–Crippen LogP) is 3.57. The number of hydrogen-bond donors (Lipinski definition) is 2. The van der Waals surface area contributed by atoms with Crippen molar-refractivity contribution in [2.75, 3.05) is 11.9 Å². The first-order valence-electron chi connectivity index (χ1n) is 10.5. The van der Waals surface area contributed by atoms with Crippen LogP contribution in [0.25, 0.3) is 0 Å². The van der Waals surface area contributed by atoms with E-state index in [1.807, 2.05) is 18.2 Å². The van der Waals surface area contributed by atoms with Crippen LogP contribution in [0.2, 0.25) is 0 Å². The van der Waals surface area contributed by atoms with E-state index in [0.29, 0.717) is 16.1 Å². The molecule has 2 aromatic carbocycles. The lowest BCUT2D eigenvalue weighted by Crippen LogP contribution is -2.32. The summed E-state index contributed by atoms with van der Waals surface area (Å²) in [7, 11) is -3.78. The molecule has 1 atom stereocenters. The average molecular weight is 481 g/mol. The standard InChI is InChI=1S/C24H24N4O3S2/c1-16(18-5-3-2-4-6-18)28-12-11-20-21(14-25)24(32-22(20)15-28)27-23(29)13-17-7-9-19(10-8-17)33(26,30)31/h2-10,16H,11-13,15H2,1H3,(H,27,29)(H2,26,30,31). The molecule has 0 spiro atoms. The normalized spacial score (nSPS) is 14.8. The van der Waals surface area contributed by atoms with Crippen molar-refractivity contribution in [3.63, 3.8) is 0 Å². The van der Waals surface area contributed by atoms with Crippen molar-refractivity contribution in [2.24, 2.45) is 5.14 Å². The molecule has 7 nitrogen and oxygen atoms in total. The third-order valence-corrected chi connectivity index (χ3v) is 7.96. The van der Waals surface area contributed by atoms with E-state index in [0.717, 1.165) is 30.0 Å². The Hall–Kier alpha value is -3.03. The molecule has 0 bridgehead atoms. The molecule has 3 N–H and O–H groups in total. The maximum absolute atomic E-state index is 12.6. The number of benzene rings is 2. The molecular formula is C24H24N4O3S2. The summed E-state index contributed by atoms with van der Waals surface area (Å²) in [5, 5.41) is 18.3. The number of nitrogens with two attached hydrogens (primary N) is 1. The van der Waals surface area contributed by atoms with E-state index < -0.39 is 10.0 Å². The van der Waals surface area contributed by atoms with Crippen molar-refractivity contribution in [3.8, 4) is 6.07 Å². The summed E-state index contributed by atoms with van der Waals surface area (Å²) in [4.78, 5) is 16.1. The highest BCUT2D eigenvalue weighted by Gasteiger charge is 2.28. The van der Waals surface area contributed by atoms with Crippen molar-refractivity contribution < 1.29 is 13.2 Å². The van der Waals surface area contributed by atoms with Gasteiger partial charge in [-0.15, -0.1) is 11.3 Å². The molecule has 3 aromatic rings. The molecule has 33 heavy (non-hydrogen) atoms. The Kier molecular flexibility index (Phi) is 6.63. The molecule has 0 saturated carbocycles. The lowest BCUT2D eigenvalue weighted by atomic mass is 10.00. The molecule has 0 aliphatic carbocycles. The summed E-state index contributed by atoms with van der Waals surface area (Å²) in [6.45, 7) is 3.76. The summed E-state index contributed by atoms with van der Waals surface area (Å²) < 4.78 is 22.8. The van der Waals surface area contributed by atoms with Crippen LogP contribution in [0.3, 0.4) is 0 Å². The smallest absolute Gasteiger partial charge is 0.238 e. The van der Waals surface area contributed by atoms with Gasteiger partial charge < -0.3 is 5.32 Å². The van der Waals surface area contributed by atoms with Gasteiger partial charge in [-0.1, -0.05) is 42.5 Å². The summed E-state index contributed by atoms with van der Waals surface area (Å²) in [6.07, 6.45) is 0.826. The number of primary sulfonamides is 1. The van der Waals surface area contributed by atoms with E-state index in [1.54, 1.807) is 12.1 Å². The molecule has 170 valence electrons. The van der Waals surface area contributed by atoms with Gasteiger partial charge in [-0.05, 0) is 42.2 Å². The summed E-state index contributed by atoms with van der Waals surface area (Å²) >= 11 is 1.46. The lowest BCUT2D eigenvalue weighted by Gasteiger charge is -2.32. The van der Waals surface area contributed by atoms with Crippen LogP contribution in [0, 0.1) is 11.3 Å². The Bertz CT molecular complexity index is 1310. The van der Waals surface area contributed by atoms with Crippen molar-refractivity contribution in [3.05, 3.63) is 81.7 Å². The highest BCUT2D eigenvalue weighted by molar-refractivity contribution is 7.89. The van der Waals surface area contributed by atoms with Gasteiger partial charge in [0.05, 0.1) is 16.9 Å². The van der Waals surface area contributed by atoms with Crippen molar-refractivity contribution >= 4 is 32.3 Å². The number of anilines is 1. The number of carbonyl (C=O) groups is 1. The zero-order valence-corrected chi connectivity index (χ0v) is 19.7. The Morgan fingerprint density at radius 1 is 1.21 bits per heavy atom. The van der Waals surface area contributed by atoms with Gasteiger partial charge in [-0.3, -0.25) is 9.69 Å². The zero-order valence-electron chi connectivity index (χ0n) is 18.1. The second kappa shape index (κ2) is 9.45. The second-order valence-corrected chi connectivity index (χ2v) is 10.7. The maximum atomic E-state index is 12.6.